The largest absolute Gasteiger partial charge is 0.469 e. The van der Waals surface area contributed by atoms with Gasteiger partial charge in [-0.05, 0) is 30.2 Å². The molecule has 0 aromatic heterocycles. The van der Waals surface area contributed by atoms with Crippen LogP contribution in [0.15, 0.2) is 30.3 Å². The van der Waals surface area contributed by atoms with Gasteiger partial charge in [0, 0.05) is 19.6 Å². The standard InChI is InChI=1S/C16H21NO2/c1-19-16(18)15-11-17(10-14(15)13-7-8-13)9-12-5-3-2-4-6-12/h2-6,13-15H,7-11H2,1H3/t14-,15-/m0/s1. The fourth-order valence-electron chi connectivity index (χ4n) is 3.29. The van der Waals surface area contributed by atoms with Crippen molar-refractivity contribution in [1.82, 2.24) is 4.90 Å². The van der Waals surface area contributed by atoms with E-state index in [-0.39, 0.29) is 11.9 Å². The van der Waals surface area contributed by atoms with Crippen LogP contribution in [0.1, 0.15) is 18.4 Å². The molecule has 2 aliphatic rings. The topological polar surface area (TPSA) is 29.5 Å². The van der Waals surface area contributed by atoms with E-state index in [9.17, 15) is 4.79 Å². The van der Waals surface area contributed by atoms with E-state index in [0.29, 0.717) is 5.92 Å². The molecule has 1 heterocycles. The minimum absolute atomic E-state index is 0.0209. The highest BCUT2D eigenvalue weighted by Crippen LogP contribution is 2.44. The van der Waals surface area contributed by atoms with Gasteiger partial charge in [-0.2, -0.15) is 0 Å². The highest BCUT2D eigenvalue weighted by molar-refractivity contribution is 5.73. The second kappa shape index (κ2) is 5.33. The van der Waals surface area contributed by atoms with Crippen LogP contribution >= 0.6 is 0 Å². The van der Waals surface area contributed by atoms with Crippen LogP contribution in [0, 0.1) is 17.8 Å². The van der Waals surface area contributed by atoms with E-state index in [1.807, 2.05) is 6.07 Å². The van der Waals surface area contributed by atoms with Crippen LogP contribution in [0.5, 0.6) is 0 Å². The van der Waals surface area contributed by atoms with Gasteiger partial charge >= 0.3 is 5.97 Å². The second-order valence-corrected chi connectivity index (χ2v) is 5.81. The lowest BCUT2D eigenvalue weighted by atomic mass is 9.92. The Morgan fingerprint density at radius 2 is 2.00 bits per heavy atom. The first-order valence-corrected chi connectivity index (χ1v) is 7.12. The van der Waals surface area contributed by atoms with E-state index < -0.39 is 0 Å². The molecule has 0 radical (unpaired) electrons. The maximum atomic E-state index is 11.9. The second-order valence-electron chi connectivity index (χ2n) is 5.81. The molecule has 1 aromatic carbocycles. The minimum Gasteiger partial charge on any atom is -0.469 e. The van der Waals surface area contributed by atoms with Crippen molar-refractivity contribution in [3.63, 3.8) is 0 Å². The first-order valence-electron chi connectivity index (χ1n) is 7.12. The van der Waals surface area contributed by atoms with Crippen LogP contribution in [0.25, 0.3) is 0 Å². The fourth-order valence-corrected chi connectivity index (χ4v) is 3.29. The molecular weight excluding hydrogens is 238 g/mol. The third-order valence-electron chi connectivity index (χ3n) is 4.42. The molecule has 0 bridgehead atoms. The SMILES string of the molecule is COC(=O)[C@H]1CN(Cc2ccccc2)C[C@H]1C1CC1. The van der Waals surface area contributed by atoms with Crippen molar-refractivity contribution in [1.29, 1.82) is 0 Å². The van der Waals surface area contributed by atoms with E-state index in [2.05, 4.69) is 29.2 Å². The number of hydrogen-bond acceptors (Lipinski definition) is 3. The van der Waals surface area contributed by atoms with Crippen LogP contribution in [-0.4, -0.2) is 31.1 Å². The van der Waals surface area contributed by atoms with Gasteiger partial charge in [0.2, 0.25) is 0 Å². The third-order valence-corrected chi connectivity index (χ3v) is 4.42. The van der Waals surface area contributed by atoms with Gasteiger partial charge in [0.25, 0.3) is 0 Å². The van der Waals surface area contributed by atoms with E-state index in [1.165, 1.54) is 25.5 Å². The summed E-state index contributed by atoms with van der Waals surface area (Å²) in [7, 11) is 1.51. The van der Waals surface area contributed by atoms with Crippen LogP contribution in [0.3, 0.4) is 0 Å². The first-order chi connectivity index (χ1) is 9.28. The molecule has 0 unspecified atom stereocenters. The average molecular weight is 259 g/mol. The van der Waals surface area contributed by atoms with Gasteiger partial charge in [-0.3, -0.25) is 9.69 Å². The van der Waals surface area contributed by atoms with E-state index in [1.54, 1.807) is 0 Å². The van der Waals surface area contributed by atoms with Gasteiger partial charge in [-0.1, -0.05) is 30.3 Å². The molecular formula is C16H21NO2. The zero-order chi connectivity index (χ0) is 13.2. The molecule has 0 spiro atoms. The van der Waals surface area contributed by atoms with Crippen molar-refractivity contribution in [2.45, 2.75) is 19.4 Å². The molecule has 1 aliphatic carbocycles. The van der Waals surface area contributed by atoms with Crippen molar-refractivity contribution in [3.8, 4) is 0 Å². The number of carbonyl (C=O) groups is 1. The quantitative estimate of drug-likeness (QED) is 0.777. The Hall–Kier alpha value is -1.35. The van der Waals surface area contributed by atoms with Crippen molar-refractivity contribution in [2.75, 3.05) is 20.2 Å². The molecule has 102 valence electrons. The molecule has 3 nitrogen and oxygen atoms in total. The van der Waals surface area contributed by atoms with Gasteiger partial charge in [0.15, 0.2) is 0 Å². The Labute approximate surface area is 114 Å². The van der Waals surface area contributed by atoms with Crippen molar-refractivity contribution >= 4 is 5.97 Å². The van der Waals surface area contributed by atoms with Crippen LogP contribution in [-0.2, 0) is 16.1 Å². The molecule has 3 heteroatoms. The molecule has 1 aromatic rings. The zero-order valence-electron chi connectivity index (χ0n) is 11.4. The molecule has 1 saturated heterocycles. The highest BCUT2D eigenvalue weighted by atomic mass is 16.5. The Balaban J connectivity index is 1.66. The number of carbonyl (C=O) groups excluding carboxylic acids is 1. The van der Waals surface area contributed by atoms with Gasteiger partial charge in [-0.25, -0.2) is 0 Å². The number of benzene rings is 1. The molecule has 2 atom stereocenters. The summed E-state index contributed by atoms with van der Waals surface area (Å²) < 4.78 is 4.98. The number of methoxy groups -OCH3 is 1. The summed E-state index contributed by atoms with van der Waals surface area (Å²) in [5.74, 6) is 1.33. The molecule has 3 rings (SSSR count). The third kappa shape index (κ3) is 2.81. The minimum atomic E-state index is -0.0209. The van der Waals surface area contributed by atoms with Crippen molar-refractivity contribution in [2.24, 2.45) is 17.8 Å². The Morgan fingerprint density at radius 3 is 2.63 bits per heavy atom. The molecule has 2 fully saturated rings. The monoisotopic (exact) mass is 259 g/mol. The predicted octanol–water partition coefficient (Wildman–Crippen LogP) is 2.32. The summed E-state index contributed by atoms with van der Waals surface area (Å²) in [5.41, 5.74) is 1.32. The molecule has 0 amide bonds. The number of likely N-dealkylation sites (tertiary alicyclic amines) is 1. The van der Waals surface area contributed by atoms with Crippen molar-refractivity contribution in [3.05, 3.63) is 35.9 Å². The summed E-state index contributed by atoms with van der Waals surface area (Å²) >= 11 is 0. The smallest absolute Gasteiger partial charge is 0.310 e. The zero-order valence-corrected chi connectivity index (χ0v) is 11.4. The first kappa shape index (κ1) is 12.7. The van der Waals surface area contributed by atoms with Gasteiger partial charge in [-0.15, -0.1) is 0 Å². The van der Waals surface area contributed by atoms with Crippen molar-refractivity contribution < 1.29 is 9.53 Å². The van der Waals surface area contributed by atoms with Gasteiger partial charge in [0.05, 0.1) is 13.0 Å². The molecule has 1 aliphatic heterocycles. The number of ether oxygens (including phenoxy) is 1. The predicted molar refractivity (Wildman–Crippen MR) is 73.4 cm³/mol. The number of hydrogen-bond donors (Lipinski definition) is 0. The van der Waals surface area contributed by atoms with Gasteiger partial charge < -0.3 is 4.74 Å². The Kier molecular flexibility index (Phi) is 3.56. The van der Waals surface area contributed by atoms with E-state index in [0.717, 1.165) is 25.6 Å². The summed E-state index contributed by atoms with van der Waals surface area (Å²) in [4.78, 5) is 14.3. The lowest BCUT2D eigenvalue weighted by Crippen LogP contribution is -2.25. The molecule has 19 heavy (non-hydrogen) atoms. The van der Waals surface area contributed by atoms with Crippen LogP contribution in [0.2, 0.25) is 0 Å². The Bertz CT molecular complexity index is 441. The lowest BCUT2D eigenvalue weighted by Gasteiger charge is -2.15. The van der Waals surface area contributed by atoms with Crippen LogP contribution in [0.4, 0.5) is 0 Å². The molecule has 1 saturated carbocycles. The van der Waals surface area contributed by atoms with E-state index in [4.69, 9.17) is 4.74 Å². The number of esters is 1. The number of rotatable bonds is 4. The lowest BCUT2D eigenvalue weighted by molar-refractivity contribution is -0.146. The number of nitrogens with zero attached hydrogens (tertiary/aromatic N) is 1. The summed E-state index contributed by atoms with van der Waals surface area (Å²) in [5, 5.41) is 0. The van der Waals surface area contributed by atoms with Gasteiger partial charge in [0.1, 0.15) is 0 Å². The normalized spacial score (nSPS) is 27.4. The fraction of sp³-hybridized carbons (Fsp3) is 0.562. The summed E-state index contributed by atoms with van der Waals surface area (Å²) in [6.45, 7) is 2.83. The van der Waals surface area contributed by atoms with Crippen LogP contribution < -0.4 is 0 Å². The highest BCUT2D eigenvalue weighted by Gasteiger charge is 2.45. The average Bonchev–Trinajstić information content (AvgIpc) is 3.21. The Morgan fingerprint density at radius 1 is 1.26 bits per heavy atom. The summed E-state index contributed by atoms with van der Waals surface area (Å²) in [6, 6.07) is 10.5. The maximum absolute atomic E-state index is 11.9. The van der Waals surface area contributed by atoms with E-state index >= 15 is 0 Å². The molecule has 0 N–H and O–H groups in total. The maximum Gasteiger partial charge on any atom is 0.310 e. The summed E-state index contributed by atoms with van der Waals surface area (Å²) in [6.07, 6.45) is 2.58.